The van der Waals surface area contributed by atoms with Gasteiger partial charge >= 0.3 is 0 Å². The molecule has 5 heteroatoms. The van der Waals surface area contributed by atoms with Gasteiger partial charge in [0.2, 0.25) is 0 Å². The standard InChI is InChI=1S/C13H14BrClN2O/c1-3-11-13(14)12(17(2)16-11)8-18-10-6-4-5-9(15)7-10/h4-7H,3,8H2,1-2H3. The molecule has 1 heterocycles. The van der Waals surface area contributed by atoms with E-state index in [1.807, 2.05) is 29.9 Å². The van der Waals surface area contributed by atoms with Gasteiger partial charge in [0.25, 0.3) is 0 Å². The molecule has 0 fully saturated rings. The van der Waals surface area contributed by atoms with Crippen molar-refractivity contribution >= 4 is 27.5 Å². The number of aromatic nitrogens is 2. The van der Waals surface area contributed by atoms with Crippen LogP contribution in [-0.4, -0.2) is 9.78 Å². The number of aryl methyl sites for hydroxylation is 2. The van der Waals surface area contributed by atoms with Crippen molar-refractivity contribution in [3.05, 3.63) is 45.1 Å². The summed E-state index contributed by atoms with van der Waals surface area (Å²) in [7, 11) is 1.92. The van der Waals surface area contributed by atoms with Crippen LogP contribution in [0.25, 0.3) is 0 Å². The van der Waals surface area contributed by atoms with E-state index in [0.29, 0.717) is 11.6 Å². The third kappa shape index (κ3) is 2.87. The summed E-state index contributed by atoms with van der Waals surface area (Å²) in [6.45, 7) is 2.54. The summed E-state index contributed by atoms with van der Waals surface area (Å²) in [4.78, 5) is 0. The Labute approximate surface area is 120 Å². The van der Waals surface area contributed by atoms with Crippen molar-refractivity contribution in [1.82, 2.24) is 9.78 Å². The van der Waals surface area contributed by atoms with Gasteiger partial charge in [-0.25, -0.2) is 0 Å². The van der Waals surface area contributed by atoms with Crippen LogP contribution in [0.15, 0.2) is 28.7 Å². The maximum absolute atomic E-state index is 5.91. The molecule has 2 aromatic rings. The second kappa shape index (κ2) is 5.76. The first-order valence-electron chi connectivity index (χ1n) is 5.70. The third-order valence-electron chi connectivity index (χ3n) is 2.67. The molecule has 0 N–H and O–H groups in total. The highest BCUT2D eigenvalue weighted by molar-refractivity contribution is 9.10. The van der Waals surface area contributed by atoms with E-state index < -0.39 is 0 Å². The molecule has 0 aliphatic rings. The van der Waals surface area contributed by atoms with Gasteiger partial charge in [0, 0.05) is 12.1 Å². The molecular weight excluding hydrogens is 316 g/mol. The number of rotatable bonds is 4. The number of hydrogen-bond donors (Lipinski definition) is 0. The van der Waals surface area contributed by atoms with Crippen LogP contribution in [0.5, 0.6) is 5.75 Å². The van der Waals surface area contributed by atoms with E-state index in [-0.39, 0.29) is 0 Å². The van der Waals surface area contributed by atoms with Gasteiger partial charge in [-0.3, -0.25) is 4.68 Å². The average molecular weight is 330 g/mol. The van der Waals surface area contributed by atoms with Crippen LogP contribution in [0.2, 0.25) is 5.02 Å². The highest BCUT2D eigenvalue weighted by Gasteiger charge is 2.12. The number of ether oxygens (including phenoxy) is 1. The molecule has 0 saturated carbocycles. The molecule has 0 bridgehead atoms. The molecule has 0 aliphatic heterocycles. The van der Waals surface area contributed by atoms with Crippen LogP contribution in [0.3, 0.4) is 0 Å². The summed E-state index contributed by atoms with van der Waals surface area (Å²) in [6.07, 6.45) is 0.894. The molecule has 3 nitrogen and oxygen atoms in total. The lowest BCUT2D eigenvalue weighted by atomic mass is 10.3. The molecule has 0 radical (unpaired) electrons. The Morgan fingerprint density at radius 1 is 1.44 bits per heavy atom. The van der Waals surface area contributed by atoms with Gasteiger partial charge in [0.1, 0.15) is 12.4 Å². The normalized spacial score (nSPS) is 10.7. The summed E-state index contributed by atoms with van der Waals surface area (Å²) in [5.41, 5.74) is 2.06. The molecule has 0 aliphatic carbocycles. The zero-order chi connectivity index (χ0) is 13.1. The van der Waals surface area contributed by atoms with Crippen molar-refractivity contribution in [2.24, 2.45) is 7.05 Å². The second-order valence-electron chi connectivity index (χ2n) is 3.93. The van der Waals surface area contributed by atoms with Crippen LogP contribution in [0.1, 0.15) is 18.3 Å². The predicted molar refractivity (Wildman–Crippen MR) is 76.1 cm³/mol. The Morgan fingerprint density at radius 3 is 2.83 bits per heavy atom. The van der Waals surface area contributed by atoms with Crippen LogP contribution in [0, 0.1) is 0 Å². The topological polar surface area (TPSA) is 27.1 Å². The summed E-state index contributed by atoms with van der Waals surface area (Å²) in [5, 5.41) is 5.09. The second-order valence-corrected chi connectivity index (χ2v) is 5.16. The molecule has 1 aromatic carbocycles. The van der Waals surface area contributed by atoms with Crippen molar-refractivity contribution in [2.75, 3.05) is 0 Å². The molecule has 0 saturated heterocycles. The minimum atomic E-state index is 0.463. The van der Waals surface area contributed by atoms with Crippen molar-refractivity contribution < 1.29 is 4.74 Å². The molecule has 0 atom stereocenters. The van der Waals surface area contributed by atoms with E-state index in [9.17, 15) is 0 Å². The Hall–Kier alpha value is -1.000. The number of benzene rings is 1. The molecule has 0 amide bonds. The summed E-state index contributed by atoms with van der Waals surface area (Å²) in [5.74, 6) is 0.758. The average Bonchev–Trinajstić information content (AvgIpc) is 2.62. The Balaban J connectivity index is 2.13. The van der Waals surface area contributed by atoms with E-state index in [2.05, 4.69) is 28.0 Å². The fraction of sp³-hybridized carbons (Fsp3) is 0.308. The van der Waals surface area contributed by atoms with Gasteiger partial charge in [-0.2, -0.15) is 5.10 Å². The monoisotopic (exact) mass is 328 g/mol. The zero-order valence-corrected chi connectivity index (χ0v) is 12.6. The third-order valence-corrected chi connectivity index (χ3v) is 3.83. The van der Waals surface area contributed by atoms with E-state index >= 15 is 0 Å². The van der Waals surface area contributed by atoms with Gasteiger partial charge < -0.3 is 4.74 Å². The first-order valence-corrected chi connectivity index (χ1v) is 6.87. The fourth-order valence-electron chi connectivity index (χ4n) is 1.69. The quantitative estimate of drug-likeness (QED) is 0.848. The lowest BCUT2D eigenvalue weighted by molar-refractivity contribution is 0.294. The molecular formula is C13H14BrClN2O. The summed E-state index contributed by atoms with van der Waals surface area (Å²) < 4.78 is 8.58. The van der Waals surface area contributed by atoms with Crippen LogP contribution < -0.4 is 4.74 Å². The molecule has 0 spiro atoms. The minimum Gasteiger partial charge on any atom is -0.487 e. The molecule has 0 unspecified atom stereocenters. The lowest BCUT2D eigenvalue weighted by Gasteiger charge is -2.07. The smallest absolute Gasteiger partial charge is 0.131 e. The Kier molecular flexibility index (Phi) is 4.30. The number of nitrogens with zero attached hydrogens (tertiary/aromatic N) is 2. The van der Waals surface area contributed by atoms with Gasteiger partial charge in [0.15, 0.2) is 0 Å². The molecule has 2 rings (SSSR count). The van der Waals surface area contributed by atoms with Crippen LogP contribution >= 0.6 is 27.5 Å². The van der Waals surface area contributed by atoms with Gasteiger partial charge in [-0.05, 0) is 40.5 Å². The van der Waals surface area contributed by atoms with Crippen molar-refractivity contribution in [2.45, 2.75) is 20.0 Å². The van der Waals surface area contributed by atoms with Crippen molar-refractivity contribution in [3.8, 4) is 5.75 Å². The van der Waals surface area contributed by atoms with Gasteiger partial charge in [-0.1, -0.05) is 24.6 Å². The SMILES string of the molecule is CCc1nn(C)c(COc2cccc(Cl)c2)c1Br. The first kappa shape index (κ1) is 13.4. The fourth-order valence-corrected chi connectivity index (χ4v) is 2.60. The van der Waals surface area contributed by atoms with Crippen molar-refractivity contribution in [3.63, 3.8) is 0 Å². The summed E-state index contributed by atoms with van der Waals surface area (Å²) in [6, 6.07) is 7.38. The van der Waals surface area contributed by atoms with E-state index in [0.717, 1.165) is 28.0 Å². The number of halogens is 2. The van der Waals surface area contributed by atoms with E-state index in [1.54, 1.807) is 6.07 Å². The molecule has 96 valence electrons. The lowest BCUT2D eigenvalue weighted by Crippen LogP contribution is -2.03. The van der Waals surface area contributed by atoms with Gasteiger partial charge in [-0.15, -0.1) is 0 Å². The van der Waals surface area contributed by atoms with Crippen molar-refractivity contribution in [1.29, 1.82) is 0 Å². The highest BCUT2D eigenvalue weighted by atomic mass is 79.9. The van der Waals surface area contributed by atoms with E-state index in [4.69, 9.17) is 16.3 Å². The maximum atomic E-state index is 5.91. The van der Waals surface area contributed by atoms with E-state index in [1.165, 1.54) is 0 Å². The highest BCUT2D eigenvalue weighted by Crippen LogP contribution is 2.24. The number of hydrogen-bond acceptors (Lipinski definition) is 2. The van der Waals surface area contributed by atoms with Crippen LogP contribution in [-0.2, 0) is 20.1 Å². The first-order chi connectivity index (χ1) is 8.61. The summed E-state index contributed by atoms with van der Waals surface area (Å²) >= 11 is 9.47. The Bertz CT molecular complexity index is 554. The largest absolute Gasteiger partial charge is 0.487 e. The zero-order valence-electron chi connectivity index (χ0n) is 10.3. The predicted octanol–water partition coefficient (Wildman–Crippen LogP) is 3.98. The molecule has 18 heavy (non-hydrogen) atoms. The minimum absolute atomic E-state index is 0.463. The Morgan fingerprint density at radius 2 is 2.22 bits per heavy atom. The molecule has 1 aromatic heterocycles. The maximum Gasteiger partial charge on any atom is 0.131 e. The van der Waals surface area contributed by atoms with Crippen LogP contribution in [0.4, 0.5) is 0 Å². The van der Waals surface area contributed by atoms with Gasteiger partial charge in [0.05, 0.1) is 15.9 Å².